The Morgan fingerprint density at radius 1 is 1.25 bits per heavy atom. The summed E-state index contributed by atoms with van der Waals surface area (Å²) in [7, 11) is -3.51. The molecule has 6 nitrogen and oxygen atoms in total. The smallest absolute Gasteiger partial charge is 0.241 e. The van der Waals surface area contributed by atoms with E-state index < -0.39 is 10.0 Å². The van der Waals surface area contributed by atoms with Crippen LogP contribution < -0.4 is 4.31 Å². The molecular weight excluding hydrogens is 280 g/mol. The lowest BCUT2D eigenvalue weighted by Crippen LogP contribution is -2.34. The summed E-state index contributed by atoms with van der Waals surface area (Å²) in [5, 5.41) is 3.66. The Morgan fingerprint density at radius 3 is 2.90 bits per heavy atom. The lowest BCUT2D eigenvalue weighted by Gasteiger charge is -2.23. The van der Waals surface area contributed by atoms with Gasteiger partial charge in [0, 0.05) is 11.6 Å². The molecule has 0 radical (unpaired) electrons. The van der Waals surface area contributed by atoms with Gasteiger partial charge in [0.15, 0.2) is 0 Å². The Kier molecular flexibility index (Phi) is 3.45. The summed E-state index contributed by atoms with van der Waals surface area (Å²) in [4.78, 5) is 0. The molecule has 0 N–H and O–H groups in total. The topological polar surface area (TPSA) is 72.6 Å². The molecule has 0 saturated heterocycles. The average Bonchev–Trinajstić information content (AvgIpc) is 2.81. The van der Waals surface area contributed by atoms with Gasteiger partial charge in [0.1, 0.15) is 17.7 Å². The Morgan fingerprint density at radius 2 is 2.10 bits per heavy atom. The summed E-state index contributed by atoms with van der Waals surface area (Å²) >= 11 is 0. The van der Waals surface area contributed by atoms with Gasteiger partial charge in [0.25, 0.3) is 0 Å². The van der Waals surface area contributed by atoms with Crippen LogP contribution in [0.15, 0.2) is 41.1 Å². The highest BCUT2D eigenvalue weighted by Gasteiger charge is 2.27. The van der Waals surface area contributed by atoms with Crippen molar-refractivity contribution in [2.24, 2.45) is 0 Å². The second-order valence-corrected chi connectivity index (χ2v) is 6.39. The Hall–Kier alpha value is -1.86. The number of para-hydroxylation sites is 1. The Labute approximate surface area is 117 Å². The summed E-state index contributed by atoms with van der Waals surface area (Å²) in [6.07, 6.45) is 1.37. The molecule has 0 bridgehead atoms. The van der Waals surface area contributed by atoms with Gasteiger partial charge in [-0.1, -0.05) is 23.4 Å². The fraction of sp³-hybridized carbons (Fsp3) is 0.308. The molecule has 2 heterocycles. The highest BCUT2D eigenvalue weighted by Crippen LogP contribution is 2.27. The number of aromatic nitrogens is 1. The van der Waals surface area contributed by atoms with Crippen LogP contribution in [0.2, 0.25) is 0 Å². The van der Waals surface area contributed by atoms with E-state index in [4.69, 9.17) is 4.74 Å². The van der Waals surface area contributed by atoms with E-state index in [0.29, 0.717) is 31.1 Å². The SMILES string of the molecule is O=S(=O)(Cc1ccon1)N1CCOCc2ccccc21. The molecule has 1 aromatic carbocycles. The van der Waals surface area contributed by atoms with Gasteiger partial charge in [-0.2, -0.15) is 0 Å². The van der Waals surface area contributed by atoms with E-state index in [1.807, 2.05) is 18.2 Å². The lowest BCUT2D eigenvalue weighted by atomic mass is 10.2. The molecule has 2 aromatic rings. The molecule has 0 atom stereocenters. The van der Waals surface area contributed by atoms with E-state index in [0.717, 1.165) is 5.56 Å². The zero-order valence-electron chi connectivity index (χ0n) is 10.7. The van der Waals surface area contributed by atoms with Gasteiger partial charge in [0.2, 0.25) is 10.0 Å². The minimum Gasteiger partial charge on any atom is -0.375 e. The first-order valence-corrected chi connectivity index (χ1v) is 7.83. The zero-order chi connectivity index (χ0) is 14.0. The van der Waals surface area contributed by atoms with Crippen LogP contribution in [0.5, 0.6) is 0 Å². The number of fused-ring (bicyclic) bond motifs is 1. The molecule has 0 aliphatic carbocycles. The Bertz CT molecular complexity index is 682. The average molecular weight is 294 g/mol. The molecule has 0 fully saturated rings. The summed E-state index contributed by atoms with van der Waals surface area (Å²) in [6, 6.07) is 8.92. The fourth-order valence-electron chi connectivity index (χ4n) is 2.19. The van der Waals surface area contributed by atoms with E-state index >= 15 is 0 Å². The lowest BCUT2D eigenvalue weighted by molar-refractivity contribution is 0.133. The predicted molar refractivity (Wildman–Crippen MR) is 72.6 cm³/mol. The van der Waals surface area contributed by atoms with Gasteiger partial charge in [-0.3, -0.25) is 4.31 Å². The maximum atomic E-state index is 12.6. The number of ether oxygens (including phenoxy) is 1. The summed E-state index contributed by atoms with van der Waals surface area (Å²) in [6.45, 7) is 1.09. The number of benzene rings is 1. The molecule has 3 rings (SSSR count). The first-order chi connectivity index (χ1) is 9.67. The normalized spacial score (nSPS) is 15.7. The van der Waals surface area contributed by atoms with Crippen LogP contribution in [0, 0.1) is 0 Å². The minimum atomic E-state index is -3.51. The molecule has 106 valence electrons. The van der Waals surface area contributed by atoms with Crippen molar-refractivity contribution in [3.8, 4) is 0 Å². The van der Waals surface area contributed by atoms with Crippen molar-refractivity contribution < 1.29 is 17.7 Å². The predicted octanol–water partition coefficient (Wildman–Crippen LogP) is 1.54. The largest absolute Gasteiger partial charge is 0.375 e. The van der Waals surface area contributed by atoms with Crippen LogP contribution in [0.3, 0.4) is 0 Å². The van der Waals surface area contributed by atoms with E-state index in [-0.39, 0.29) is 5.75 Å². The molecule has 20 heavy (non-hydrogen) atoms. The number of nitrogens with zero attached hydrogens (tertiary/aromatic N) is 2. The van der Waals surface area contributed by atoms with Crippen LogP contribution in [0.25, 0.3) is 0 Å². The molecule has 0 unspecified atom stereocenters. The third-order valence-electron chi connectivity index (χ3n) is 3.11. The van der Waals surface area contributed by atoms with Crippen molar-refractivity contribution in [1.82, 2.24) is 5.16 Å². The quantitative estimate of drug-likeness (QED) is 0.858. The first kappa shape index (κ1) is 13.1. The molecule has 1 aromatic heterocycles. The van der Waals surface area contributed by atoms with E-state index in [2.05, 4.69) is 9.68 Å². The van der Waals surface area contributed by atoms with E-state index in [9.17, 15) is 8.42 Å². The third-order valence-corrected chi connectivity index (χ3v) is 4.83. The third kappa shape index (κ3) is 2.54. The van der Waals surface area contributed by atoms with Crippen LogP contribution in [-0.2, 0) is 27.1 Å². The fourth-order valence-corrected chi connectivity index (χ4v) is 3.70. The minimum absolute atomic E-state index is 0.183. The van der Waals surface area contributed by atoms with Crippen molar-refractivity contribution in [3.05, 3.63) is 47.9 Å². The molecular formula is C13H14N2O4S. The number of anilines is 1. The summed E-state index contributed by atoms with van der Waals surface area (Å²) in [5.74, 6) is -0.183. The van der Waals surface area contributed by atoms with Crippen molar-refractivity contribution >= 4 is 15.7 Å². The van der Waals surface area contributed by atoms with Crippen LogP contribution in [-0.4, -0.2) is 26.7 Å². The second-order valence-electron chi connectivity index (χ2n) is 4.50. The van der Waals surface area contributed by atoms with Crippen molar-refractivity contribution in [3.63, 3.8) is 0 Å². The molecule has 1 aliphatic heterocycles. The maximum absolute atomic E-state index is 12.6. The zero-order valence-corrected chi connectivity index (χ0v) is 11.5. The molecule has 0 spiro atoms. The summed E-state index contributed by atoms with van der Waals surface area (Å²) in [5.41, 5.74) is 1.94. The van der Waals surface area contributed by atoms with Gasteiger partial charge in [0.05, 0.1) is 25.4 Å². The number of hydrogen-bond donors (Lipinski definition) is 0. The Balaban J connectivity index is 1.96. The van der Waals surface area contributed by atoms with Gasteiger partial charge in [-0.15, -0.1) is 0 Å². The molecule has 1 aliphatic rings. The first-order valence-electron chi connectivity index (χ1n) is 6.22. The van der Waals surface area contributed by atoms with Crippen molar-refractivity contribution in [2.75, 3.05) is 17.5 Å². The molecule has 0 amide bonds. The monoisotopic (exact) mass is 294 g/mol. The van der Waals surface area contributed by atoms with E-state index in [1.165, 1.54) is 10.6 Å². The number of hydrogen-bond acceptors (Lipinski definition) is 5. The number of rotatable bonds is 3. The standard InChI is InChI=1S/C13H14N2O4S/c16-20(17,10-12-5-7-19-14-12)15-6-8-18-9-11-3-1-2-4-13(11)15/h1-5,7H,6,8-10H2. The van der Waals surface area contributed by atoms with Gasteiger partial charge in [-0.25, -0.2) is 8.42 Å². The van der Waals surface area contributed by atoms with Crippen LogP contribution in [0.1, 0.15) is 11.3 Å². The highest BCUT2D eigenvalue weighted by molar-refractivity contribution is 7.92. The van der Waals surface area contributed by atoms with E-state index in [1.54, 1.807) is 12.1 Å². The van der Waals surface area contributed by atoms with Crippen LogP contribution in [0.4, 0.5) is 5.69 Å². The maximum Gasteiger partial charge on any atom is 0.241 e. The van der Waals surface area contributed by atoms with Gasteiger partial charge in [-0.05, 0) is 6.07 Å². The van der Waals surface area contributed by atoms with Crippen LogP contribution >= 0.6 is 0 Å². The molecule has 7 heteroatoms. The second kappa shape index (κ2) is 5.26. The van der Waals surface area contributed by atoms with Gasteiger partial charge >= 0.3 is 0 Å². The number of sulfonamides is 1. The molecule has 0 saturated carbocycles. The summed E-state index contributed by atoms with van der Waals surface area (Å²) < 4.78 is 36.6. The van der Waals surface area contributed by atoms with Crippen molar-refractivity contribution in [1.29, 1.82) is 0 Å². The van der Waals surface area contributed by atoms with Crippen molar-refractivity contribution in [2.45, 2.75) is 12.4 Å². The highest BCUT2D eigenvalue weighted by atomic mass is 32.2. The van der Waals surface area contributed by atoms with Gasteiger partial charge < -0.3 is 9.26 Å².